The molecule has 0 bridgehead atoms. The van der Waals surface area contributed by atoms with Crippen LogP contribution in [0.25, 0.3) is 0 Å². The number of Topliss-reactive ketones (excluding diaryl/α,β-unsaturated/α-hetero) is 1. The molecule has 5 aliphatic rings. The Morgan fingerprint density at radius 1 is 0.671 bits per heavy atom. The van der Waals surface area contributed by atoms with Gasteiger partial charge in [-0.2, -0.15) is 0 Å². The van der Waals surface area contributed by atoms with Gasteiger partial charge in [0.2, 0.25) is 5.91 Å². The van der Waals surface area contributed by atoms with Gasteiger partial charge in [0.05, 0.1) is 39.8 Å². The van der Waals surface area contributed by atoms with E-state index in [4.69, 9.17) is 23.7 Å². The van der Waals surface area contributed by atoms with Crippen molar-refractivity contribution in [3.8, 4) is 11.5 Å². The number of benzene rings is 3. The van der Waals surface area contributed by atoms with Crippen LogP contribution in [-0.2, 0) is 39.0 Å². The van der Waals surface area contributed by atoms with Crippen LogP contribution >= 0.6 is 0 Å². The summed E-state index contributed by atoms with van der Waals surface area (Å²) >= 11 is 0. The standard InChI is InChI=1S/C66H91NO9/c1-45(2)17-16-18-46(3)58-34-35-59-57-33-28-51-41-55(37-39-64(51,5)60(57)38-40-65(58,59)6)75-62(70)22-15-10-9-14-21-61(69)67-43-56(76-63(71)36-23-47(4)68)42-52(67)44-74-66(48-19-12-11-13-20-48,49-24-29-53(72-7)30-25-49)50-26-31-54(73-8)32-27-50/h11-13,19-20,24-32,45-46,52,55-60H,9-10,14-18,21-23,33-44H2,1-8H3/t46-,52+,55+,56-,57+,58-,59+,60+,64+,65-/m1/s1. The Bertz CT molecular complexity index is 2380. The fraction of sp³-hybridized carbons (Fsp3) is 0.636. The highest BCUT2D eigenvalue weighted by atomic mass is 16.5. The predicted molar refractivity (Wildman–Crippen MR) is 299 cm³/mol. The molecule has 4 aliphatic carbocycles. The molecule has 1 heterocycles. The molecule has 1 aliphatic heterocycles. The van der Waals surface area contributed by atoms with Gasteiger partial charge in [0.15, 0.2) is 0 Å². The van der Waals surface area contributed by atoms with Crippen molar-refractivity contribution in [3.63, 3.8) is 0 Å². The molecule has 0 radical (unpaired) electrons. The fourth-order valence-electron chi connectivity index (χ4n) is 15.3. The van der Waals surface area contributed by atoms with Crippen LogP contribution in [0, 0.1) is 46.3 Å². The number of carbonyl (C=O) groups excluding carboxylic acids is 4. The number of allylic oxidation sites excluding steroid dienone is 1. The predicted octanol–water partition coefficient (Wildman–Crippen LogP) is 14.2. The molecular weight excluding hydrogens is 951 g/mol. The van der Waals surface area contributed by atoms with Gasteiger partial charge in [-0.05, 0) is 152 Å². The molecule has 1 amide bonds. The molecule has 4 fully saturated rings. The number of amides is 1. The number of esters is 2. The largest absolute Gasteiger partial charge is 0.497 e. The highest BCUT2D eigenvalue weighted by molar-refractivity contribution is 5.81. The van der Waals surface area contributed by atoms with Crippen LogP contribution in [0.4, 0.5) is 0 Å². The fourth-order valence-corrected chi connectivity index (χ4v) is 15.3. The highest BCUT2D eigenvalue weighted by Gasteiger charge is 2.59. The molecule has 76 heavy (non-hydrogen) atoms. The van der Waals surface area contributed by atoms with Crippen LogP contribution in [0.1, 0.15) is 187 Å². The van der Waals surface area contributed by atoms with Gasteiger partial charge in [-0.1, -0.05) is 133 Å². The summed E-state index contributed by atoms with van der Waals surface area (Å²) in [5.41, 5.74) is 3.81. The Hall–Kier alpha value is -4.96. The van der Waals surface area contributed by atoms with Crippen LogP contribution in [0.3, 0.4) is 0 Å². The first-order valence-corrected chi connectivity index (χ1v) is 29.4. The minimum absolute atomic E-state index is 0.00162. The molecule has 0 N–H and O–H groups in total. The number of hydrogen-bond acceptors (Lipinski definition) is 9. The number of likely N-dealkylation sites (tertiary alicyclic amines) is 1. The number of unbranched alkanes of at least 4 members (excludes halogenated alkanes) is 3. The second-order valence-corrected chi connectivity index (χ2v) is 24.6. The molecule has 3 aromatic rings. The van der Waals surface area contributed by atoms with Gasteiger partial charge >= 0.3 is 11.9 Å². The van der Waals surface area contributed by atoms with E-state index in [1.807, 2.05) is 83.8 Å². The van der Waals surface area contributed by atoms with Crippen molar-refractivity contribution in [1.82, 2.24) is 4.90 Å². The lowest BCUT2D eigenvalue weighted by Crippen LogP contribution is -2.51. The first kappa shape index (κ1) is 57.2. The number of carbonyl (C=O) groups is 4. The number of ether oxygens (including phenoxy) is 5. The zero-order chi connectivity index (χ0) is 54.0. The maximum Gasteiger partial charge on any atom is 0.306 e. The average Bonchev–Trinajstić information content (AvgIpc) is 4.06. The summed E-state index contributed by atoms with van der Waals surface area (Å²) in [5.74, 6) is 5.60. The molecule has 10 heteroatoms. The van der Waals surface area contributed by atoms with Gasteiger partial charge in [0, 0.05) is 32.1 Å². The van der Waals surface area contributed by atoms with Crippen molar-refractivity contribution in [3.05, 3.63) is 107 Å². The minimum Gasteiger partial charge on any atom is -0.497 e. The second-order valence-electron chi connectivity index (χ2n) is 24.6. The third kappa shape index (κ3) is 13.0. The third-order valence-corrected chi connectivity index (χ3v) is 19.4. The monoisotopic (exact) mass is 1040 g/mol. The molecule has 10 atom stereocenters. The Morgan fingerprint density at radius 3 is 1.95 bits per heavy atom. The highest BCUT2D eigenvalue weighted by Crippen LogP contribution is 2.67. The summed E-state index contributed by atoms with van der Waals surface area (Å²) in [6.45, 7) is 14.4. The second kappa shape index (κ2) is 25.7. The van der Waals surface area contributed by atoms with Crippen molar-refractivity contribution in [2.45, 2.75) is 194 Å². The lowest BCUT2D eigenvalue weighted by Gasteiger charge is -2.58. The van der Waals surface area contributed by atoms with Gasteiger partial charge in [-0.3, -0.25) is 14.4 Å². The molecule has 3 aromatic carbocycles. The lowest BCUT2D eigenvalue weighted by molar-refractivity contribution is -0.152. The van der Waals surface area contributed by atoms with Crippen molar-refractivity contribution in [2.75, 3.05) is 27.4 Å². The summed E-state index contributed by atoms with van der Waals surface area (Å²) in [6.07, 6.45) is 20.0. The Kier molecular flexibility index (Phi) is 19.3. The maximum absolute atomic E-state index is 14.3. The Balaban J connectivity index is 0.845. The quantitative estimate of drug-likeness (QED) is 0.0354. The van der Waals surface area contributed by atoms with Gasteiger partial charge in [-0.15, -0.1) is 0 Å². The zero-order valence-corrected chi connectivity index (χ0v) is 47.5. The molecule has 1 saturated heterocycles. The first-order chi connectivity index (χ1) is 36.6. The van der Waals surface area contributed by atoms with Crippen molar-refractivity contribution >= 4 is 23.6 Å². The lowest BCUT2D eigenvalue weighted by atomic mass is 9.47. The average molecular weight is 1040 g/mol. The van der Waals surface area contributed by atoms with Gasteiger partial charge in [0.1, 0.15) is 35.1 Å². The van der Waals surface area contributed by atoms with Crippen molar-refractivity contribution in [1.29, 1.82) is 0 Å². The smallest absolute Gasteiger partial charge is 0.306 e. The van der Waals surface area contributed by atoms with E-state index in [0.717, 1.165) is 90.7 Å². The van der Waals surface area contributed by atoms with Crippen molar-refractivity contribution < 1.29 is 42.9 Å². The molecule has 10 nitrogen and oxygen atoms in total. The van der Waals surface area contributed by atoms with E-state index in [1.165, 1.54) is 58.3 Å². The molecule has 414 valence electrons. The number of nitrogens with zero attached hydrogens (tertiary/aromatic N) is 1. The molecule has 0 aromatic heterocycles. The van der Waals surface area contributed by atoms with E-state index in [0.29, 0.717) is 42.6 Å². The molecule has 0 spiro atoms. The molecule has 3 saturated carbocycles. The van der Waals surface area contributed by atoms with Crippen LogP contribution in [0.15, 0.2) is 90.5 Å². The number of ketones is 1. The molecule has 0 unspecified atom stereocenters. The van der Waals surface area contributed by atoms with Gasteiger partial charge in [-0.25, -0.2) is 0 Å². The zero-order valence-electron chi connectivity index (χ0n) is 47.5. The van der Waals surface area contributed by atoms with Crippen LogP contribution in [0.5, 0.6) is 11.5 Å². The van der Waals surface area contributed by atoms with Crippen LogP contribution < -0.4 is 9.47 Å². The van der Waals surface area contributed by atoms with E-state index < -0.39 is 23.7 Å². The Labute approximate surface area is 455 Å². The summed E-state index contributed by atoms with van der Waals surface area (Å²) in [6, 6.07) is 25.3. The number of rotatable bonds is 25. The summed E-state index contributed by atoms with van der Waals surface area (Å²) in [4.78, 5) is 54.1. The van der Waals surface area contributed by atoms with E-state index in [2.05, 4.69) is 40.7 Å². The maximum atomic E-state index is 14.3. The SMILES string of the molecule is COc1ccc(C(OC[C@@H]2C[C@@H](OC(=O)CCC(C)=O)CN2C(=O)CCCCCCC(=O)O[C@H]2CC[C@@]3(C)C(=CC[C@H]4[C@@H]5CC[C@H]([C@H](C)CCCC(C)C)[C@@]5(C)CC[C@@H]43)C2)(c2ccccc2)c2ccc(OC)cc2)cc1. The Morgan fingerprint density at radius 2 is 1.30 bits per heavy atom. The first-order valence-electron chi connectivity index (χ1n) is 29.4. The van der Waals surface area contributed by atoms with Crippen LogP contribution in [-0.4, -0.2) is 74.1 Å². The number of methoxy groups -OCH3 is 2. The summed E-state index contributed by atoms with van der Waals surface area (Å²) in [5, 5.41) is 0. The van der Waals surface area contributed by atoms with Crippen molar-refractivity contribution in [2.24, 2.45) is 46.3 Å². The molecular formula is C66H91NO9. The van der Waals surface area contributed by atoms with E-state index >= 15 is 0 Å². The summed E-state index contributed by atoms with van der Waals surface area (Å²) in [7, 11) is 3.28. The van der Waals surface area contributed by atoms with E-state index in [-0.39, 0.29) is 55.2 Å². The van der Waals surface area contributed by atoms with Gasteiger partial charge < -0.3 is 33.4 Å². The van der Waals surface area contributed by atoms with Crippen LogP contribution in [0.2, 0.25) is 0 Å². The third-order valence-electron chi connectivity index (χ3n) is 19.4. The topological polar surface area (TPSA) is 118 Å². The van der Waals surface area contributed by atoms with Gasteiger partial charge in [0.25, 0.3) is 0 Å². The van der Waals surface area contributed by atoms with E-state index in [1.54, 1.807) is 19.8 Å². The normalized spacial score (nSPS) is 27.4. The van der Waals surface area contributed by atoms with E-state index in [9.17, 15) is 19.2 Å². The molecule has 8 rings (SSSR count). The summed E-state index contributed by atoms with van der Waals surface area (Å²) < 4.78 is 30.5. The minimum atomic E-state index is -1.09. The number of fused-ring (bicyclic) bond motifs is 5. The number of hydrogen-bond donors (Lipinski definition) is 0.